The first-order valence-corrected chi connectivity index (χ1v) is 6.79. The molecular formula is C13H17BrFNO2. The maximum Gasteiger partial charge on any atom is 0.177 e. The van der Waals surface area contributed by atoms with Gasteiger partial charge in [-0.15, -0.1) is 0 Å². The molecule has 0 saturated carbocycles. The summed E-state index contributed by atoms with van der Waals surface area (Å²) in [5, 5.41) is 3.29. The molecule has 1 fully saturated rings. The number of hydrogen-bond acceptors (Lipinski definition) is 3. The lowest BCUT2D eigenvalue weighted by molar-refractivity contribution is 0.347. The monoisotopic (exact) mass is 317 g/mol. The summed E-state index contributed by atoms with van der Waals surface area (Å²) < 4.78 is 25.1. The summed E-state index contributed by atoms with van der Waals surface area (Å²) in [6.45, 7) is 1.81. The number of rotatable bonds is 3. The van der Waals surface area contributed by atoms with Gasteiger partial charge < -0.3 is 14.8 Å². The SMILES string of the molecule is COc1cc(C2CCCNC2)c(F)c(Br)c1OC. The van der Waals surface area contributed by atoms with Gasteiger partial charge >= 0.3 is 0 Å². The van der Waals surface area contributed by atoms with Crippen LogP contribution in [0.1, 0.15) is 24.3 Å². The van der Waals surface area contributed by atoms with Gasteiger partial charge in [0.1, 0.15) is 5.82 Å². The van der Waals surface area contributed by atoms with Gasteiger partial charge in [-0.2, -0.15) is 0 Å². The zero-order valence-corrected chi connectivity index (χ0v) is 12.1. The largest absolute Gasteiger partial charge is 0.493 e. The van der Waals surface area contributed by atoms with E-state index in [4.69, 9.17) is 9.47 Å². The maximum atomic E-state index is 14.3. The van der Waals surface area contributed by atoms with Crippen LogP contribution in [0.3, 0.4) is 0 Å². The first-order valence-electron chi connectivity index (χ1n) is 5.99. The van der Waals surface area contributed by atoms with Gasteiger partial charge in [0.2, 0.25) is 0 Å². The summed E-state index contributed by atoms with van der Waals surface area (Å²) in [6.07, 6.45) is 2.06. The van der Waals surface area contributed by atoms with Crippen molar-refractivity contribution in [3.05, 3.63) is 21.9 Å². The number of benzene rings is 1. The van der Waals surface area contributed by atoms with Crippen LogP contribution in [0.15, 0.2) is 10.5 Å². The van der Waals surface area contributed by atoms with E-state index in [2.05, 4.69) is 21.2 Å². The molecule has 1 aromatic carbocycles. The smallest absolute Gasteiger partial charge is 0.177 e. The van der Waals surface area contributed by atoms with E-state index in [0.717, 1.165) is 25.9 Å². The molecule has 1 aliphatic heterocycles. The quantitative estimate of drug-likeness (QED) is 0.929. The van der Waals surface area contributed by atoms with Gasteiger partial charge in [0, 0.05) is 6.54 Å². The topological polar surface area (TPSA) is 30.5 Å². The lowest BCUT2D eigenvalue weighted by Gasteiger charge is -2.25. The number of nitrogens with one attached hydrogen (secondary N) is 1. The summed E-state index contributed by atoms with van der Waals surface area (Å²) in [7, 11) is 3.06. The number of hydrogen-bond donors (Lipinski definition) is 1. The summed E-state index contributed by atoms with van der Waals surface area (Å²) in [5.74, 6) is 0.907. The normalized spacial score (nSPS) is 19.7. The van der Waals surface area contributed by atoms with Crippen LogP contribution < -0.4 is 14.8 Å². The van der Waals surface area contributed by atoms with Crippen molar-refractivity contribution < 1.29 is 13.9 Å². The predicted molar refractivity (Wildman–Crippen MR) is 72.0 cm³/mol. The van der Waals surface area contributed by atoms with Crippen molar-refractivity contribution in [1.82, 2.24) is 5.32 Å². The molecule has 1 N–H and O–H groups in total. The van der Waals surface area contributed by atoms with Gasteiger partial charge in [0.05, 0.1) is 18.7 Å². The van der Waals surface area contributed by atoms with Crippen molar-refractivity contribution in [3.8, 4) is 11.5 Å². The molecule has 0 spiro atoms. The Bertz CT molecular complexity index is 433. The van der Waals surface area contributed by atoms with Crippen molar-refractivity contribution in [2.24, 2.45) is 0 Å². The third-order valence-corrected chi connectivity index (χ3v) is 4.02. The fourth-order valence-corrected chi connectivity index (χ4v) is 2.95. The first kappa shape index (κ1) is 13.6. The van der Waals surface area contributed by atoms with E-state index < -0.39 is 0 Å². The van der Waals surface area contributed by atoms with Crippen LogP contribution in [0.2, 0.25) is 0 Å². The Morgan fingerprint density at radius 3 is 2.72 bits per heavy atom. The highest BCUT2D eigenvalue weighted by Crippen LogP contribution is 2.41. The van der Waals surface area contributed by atoms with Gasteiger partial charge in [-0.1, -0.05) is 0 Å². The average Bonchev–Trinajstić information content (AvgIpc) is 2.42. The predicted octanol–water partition coefficient (Wildman–Crippen LogP) is 3.07. The molecule has 1 heterocycles. The molecule has 0 aromatic heterocycles. The van der Waals surface area contributed by atoms with Crippen LogP contribution in [-0.4, -0.2) is 27.3 Å². The molecule has 0 bridgehead atoms. The number of piperidine rings is 1. The number of ether oxygens (including phenoxy) is 2. The highest BCUT2D eigenvalue weighted by atomic mass is 79.9. The molecule has 1 atom stereocenters. The van der Waals surface area contributed by atoms with Crippen molar-refractivity contribution in [2.75, 3.05) is 27.3 Å². The maximum absolute atomic E-state index is 14.3. The van der Waals surface area contributed by atoms with E-state index in [1.807, 2.05) is 0 Å². The van der Waals surface area contributed by atoms with Crippen molar-refractivity contribution >= 4 is 15.9 Å². The summed E-state index contributed by atoms with van der Waals surface area (Å²) >= 11 is 3.25. The average molecular weight is 318 g/mol. The molecule has 3 nitrogen and oxygen atoms in total. The lowest BCUT2D eigenvalue weighted by atomic mass is 9.91. The zero-order valence-electron chi connectivity index (χ0n) is 10.6. The Morgan fingerprint density at radius 2 is 2.17 bits per heavy atom. The molecule has 100 valence electrons. The zero-order chi connectivity index (χ0) is 13.1. The molecule has 1 saturated heterocycles. The van der Waals surface area contributed by atoms with Crippen LogP contribution in [0.4, 0.5) is 4.39 Å². The minimum Gasteiger partial charge on any atom is -0.493 e. The molecule has 1 aliphatic rings. The first-order chi connectivity index (χ1) is 8.69. The molecule has 5 heteroatoms. The van der Waals surface area contributed by atoms with E-state index >= 15 is 0 Å². The van der Waals surface area contributed by atoms with Gasteiger partial charge in [-0.3, -0.25) is 0 Å². The third-order valence-electron chi connectivity index (χ3n) is 3.32. The standard InChI is InChI=1S/C13H17BrFNO2/c1-17-10-6-9(8-4-3-5-16-7-8)12(15)11(14)13(10)18-2/h6,8,16H,3-5,7H2,1-2H3. The van der Waals surface area contributed by atoms with Gasteiger partial charge in [0.25, 0.3) is 0 Å². The Labute approximate surface area is 115 Å². The summed E-state index contributed by atoms with van der Waals surface area (Å²) in [6, 6.07) is 1.75. The minimum atomic E-state index is -0.249. The fourth-order valence-electron chi connectivity index (χ4n) is 2.36. The molecule has 1 unspecified atom stereocenters. The Morgan fingerprint density at radius 1 is 1.39 bits per heavy atom. The van der Waals surface area contributed by atoms with Gasteiger partial charge in [0.15, 0.2) is 11.5 Å². The van der Waals surface area contributed by atoms with Crippen LogP contribution in [0, 0.1) is 5.82 Å². The molecule has 18 heavy (non-hydrogen) atoms. The molecule has 0 aliphatic carbocycles. The highest BCUT2D eigenvalue weighted by Gasteiger charge is 2.24. The van der Waals surface area contributed by atoms with Crippen LogP contribution >= 0.6 is 15.9 Å². The summed E-state index contributed by atoms with van der Waals surface area (Å²) in [5.41, 5.74) is 0.687. The van der Waals surface area contributed by atoms with Crippen molar-refractivity contribution in [1.29, 1.82) is 0 Å². The lowest BCUT2D eigenvalue weighted by Crippen LogP contribution is -2.29. The van der Waals surface area contributed by atoms with E-state index in [-0.39, 0.29) is 11.7 Å². The second-order valence-electron chi connectivity index (χ2n) is 4.37. The number of methoxy groups -OCH3 is 2. The van der Waals surface area contributed by atoms with Gasteiger partial charge in [-0.25, -0.2) is 4.39 Å². The second kappa shape index (κ2) is 5.89. The van der Waals surface area contributed by atoms with E-state index in [1.165, 1.54) is 7.11 Å². The minimum absolute atomic E-state index is 0.190. The van der Waals surface area contributed by atoms with E-state index in [1.54, 1.807) is 13.2 Å². The van der Waals surface area contributed by atoms with E-state index in [0.29, 0.717) is 21.5 Å². The van der Waals surface area contributed by atoms with Crippen molar-refractivity contribution in [3.63, 3.8) is 0 Å². The van der Waals surface area contributed by atoms with Crippen LogP contribution in [0.5, 0.6) is 11.5 Å². The molecule has 1 aromatic rings. The van der Waals surface area contributed by atoms with Crippen molar-refractivity contribution in [2.45, 2.75) is 18.8 Å². The molecule has 0 amide bonds. The molecular weight excluding hydrogens is 301 g/mol. The fraction of sp³-hybridized carbons (Fsp3) is 0.538. The molecule has 0 radical (unpaired) electrons. The highest BCUT2D eigenvalue weighted by molar-refractivity contribution is 9.10. The third kappa shape index (κ3) is 2.47. The Balaban J connectivity index is 2.44. The Kier molecular flexibility index (Phi) is 4.45. The van der Waals surface area contributed by atoms with Gasteiger partial charge in [-0.05, 0) is 52.9 Å². The molecule has 2 rings (SSSR count). The van der Waals surface area contributed by atoms with Crippen LogP contribution in [-0.2, 0) is 0 Å². The van der Waals surface area contributed by atoms with Crippen LogP contribution in [0.25, 0.3) is 0 Å². The second-order valence-corrected chi connectivity index (χ2v) is 5.17. The Hall–Kier alpha value is -0.810. The number of halogens is 2. The van der Waals surface area contributed by atoms with E-state index in [9.17, 15) is 4.39 Å². The summed E-state index contributed by atoms with van der Waals surface area (Å²) in [4.78, 5) is 0.